The molecular weight excluding hydrogens is 446 g/mol. The molecule has 0 bridgehead atoms. The van der Waals surface area contributed by atoms with E-state index in [9.17, 15) is 24.6 Å². The molecular formula is C27H31N3O5. The normalized spacial score (nSPS) is 22.5. The standard InChI is InChI=1S/C27H31N3O5/c1-19(8-6-12-25(33)29-15-7-11-22(29)17-31)27(35)23-16-21(13-14-24(23)28(2)26(27)34)30(18-32)20-9-4-3-5-10-20/h3-6,8-10,13-14,16,18-19,22,31,35H,7,11-12,15,17H2,1-2H3/b8-6+/t19-,22+,27+/m1/s1. The Balaban J connectivity index is 1.59. The zero-order valence-corrected chi connectivity index (χ0v) is 20.0. The first-order chi connectivity index (χ1) is 16.8. The first-order valence-electron chi connectivity index (χ1n) is 11.8. The van der Waals surface area contributed by atoms with Crippen LogP contribution in [0.2, 0.25) is 0 Å². The lowest BCUT2D eigenvalue weighted by atomic mass is 9.82. The predicted octanol–water partition coefficient (Wildman–Crippen LogP) is 2.71. The Morgan fingerprint density at radius 2 is 1.97 bits per heavy atom. The highest BCUT2D eigenvalue weighted by Gasteiger charge is 2.51. The van der Waals surface area contributed by atoms with Gasteiger partial charge in [-0.2, -0.15) is 0 Å². The van der Waals surface area contributed by atoms with E-state index in [-0.39, 0.29) is 25.0 Å². The van der Waals surface area contributed by atoms with Crippen molar-refractivity contribution in [3.05, 3.63) is 66.2 Å². The van der Waals surface area contributed by atoms with E-state index < -0.39 is 17.4 Å². The van der Waals surface area contributed by atoms with Crippen LogP contribution in [0.5, 0.6) is 0 Å². The first-order valence-corrected chi connectivity index (χ1v) is 11.8. The number of hydrogen-bond donors (Lipinski definition) is 2. The maximum Gasteiger partial charge on any atom is 0.264 e. The predicted molar refractivity (Wildman–Crippen MR) is 133 cm³/mol. The van der Waals surface area contributed by atoms with Crippen molar-refractivity contribution in [1.82, 2.24) is 4.90 Å². The number of anilines is 3. The van der Waals surface area contributed by atoms with Crippen molar-refractivity contribution in [3.8, 4) is 0 Å². The van der Waals surface area contributed by atoms with E-state index in [1.807, 2.05) is 18.2 Å². The Bertz CT molecular complexity index is 1130. The third-order valence-corrected chi connectivity index (χ3v) is 7.09. The highest BCUT2D eigenvalue weighted by Crippen LogP contribution is 2.46. The number of aliphatic hydroxyl groups excluding tert-OH is 1. The van der Waals surface area contributed by atoms with E-state index in [4.69, 9.17) is 0 Å². The minimum absolute atomic E-state index is 0.0493. The maximum absolute atomic E-state index is 13.2. The summed E-state index contributed by atoms with van der Waals surface area (Å²) in [5.41, 5.74) is 0.333. The molecule has 2 aromatic rings. The minimum Gasteiger partial charge on any atom is -0.394 e. The van der Waals surface area contributed by atoms with Gasteiger partial charge in [-0.15, -0.1) is 0 Å². The van der Waals surface area contributed by atoms with E-state index in [0.717, 1.165) is 12.8 Å². The number of amides is 3. The fraction of sp³-hybridized carbons (Fsp3) is 0.370. The molecule has 0 saturated carbocycles. The monoisotopic (exact) mass is 477 g/mol. The van der Waals surface area contributed by atoms with Crippen molar-refractivity contribution < 1.29 is 24.6 Å². The molecule has 0 aliphatic carbocycles. The van der Waals surface area contributed by atoms with E-state index in [1.54, 1.807) is 61.4 Å². The Morgan fingerprint density at radius 1 is 1.23 bits per heavy atom. The first kappa shape index (κ1) is 24.6. The number of aliphatic hydroxyl groups is 2. The third-order valence-electron chi connectivity index (χ3n) is 7.09. The molecule has 3 atom stereocenters. The molecule has 0 radical (unpaired) electrons. The Hall–Kier alpha value is -3.49. The molecule has 0 unspecified atom stereocenters. The van der Waals surface area contributed by atoms with Crippen LogP contribution in [-0.2, 0) is 20.0 Å². The summed E-state index contributed by atoms with van der Waals surface area (Å²) in [4.78, 5) is 42.3. The fourth-order valence-electron chi connectivity index (χ4n) is 5.03. The average Bonchev–Trinajstić information content (AvgIpc) is 3.43. The van der Waals surface area contributed by atoms with Crippen molar-refractivity contribution in [2.24, 2.45) is 5.92 Å². The molecule has 1 saturated heterocycles. The second-order valence-electron chi connectivity index (χ2n) is 9.13. The topological polar surface area (TPSA) is 101 Å². The largest absolute Gasteiger partial charge is 0.394 e. The molecule has 2 heterocycles. The van der Waals surface area contributed by atoms with Crippen LogP contribution in [-0.4, -0.2) is 59.6 Å². The van der Waals surface area contributed by atoms with Gasteiger partial charge < -0.3 is 20.0 Å². The van der Waals surface area contributed by atoms with E-state index in [2.05, 4.69) is 0 Å². The number of rotatable bonds is 8. The van der Waals surface area contributed by atoms with Gasteiger partial charge in [0.05, 0.1) is 18.3 Å². The van der Waals surface area contributed by atoms with Gasteiger partial charge in [-0.3, -0.25) is 19.3 Å². The molecule has 2 aromatic carbocycles. The molecule has 184 valence electrons. The number of nitrogens with zero attached hydrogens (tertiary/aromatic N) is 3. The van der Waals surface area contributed by atoms with Gasteiger partial charge >= 0.3 is 0 Å². The molecule has 0 aromatic heterocycles. The molecule has 2 aliphatic heterocycles. The second-order valence-corrected chi connectivity index (χ2v) is 9.13. The molecule has 2 aliphatic rings. The number of carbonyl (C=O) groups excluding carboxylic acids is 3. The molecule has 4 rings (SSSR count). The Kier molecular flexibility index (Phi) is 7.05. The van der Waals surface area contributed by atoms with Crippen molar-refractivity contribution >= 4 is 35.3 Å². The number of likely N-dealkylation sites (tertiary alicyclic amines) is 1. The number of benzene rings is 2. The summed E-state index contributed by atoms with van der Waals surface area (Å²) < 4.78 is 0. The summed E-state index contributed by atoms with van der Waals surface area (Å²) in [6.07, 6.45) is 5.85. The molecule has 8 nitrogen and oxygen atoms in total. The summed E-state index contributed by atoms with van der Waals surface area (Å²) in [6.45, 7) is 2.31. The number of hydrogen-bond acceptors (Lipinski definition) is 5. The summed E-state index contributed by atoms with van der Waals surface area (Å²) in [5.74, 6) is -1.18. The van der Waals surface area contributed by atoms with Crippen LogP contribution in [0.3, 0.4) is 0 Å². The lowest BCUT2D eigenvalue weighted by Gasteiger charge is -2.28. The van der Waals surface area contributed by atoms with E-state index in [0.29, 0.717) is 35.6 Å². The van der Waals surface area contributed by atoms with Crippen LogP contribution >= 0.6 is 0 Å². The van der Waals surface area contributed by atoms with Crippen LogP contribution in [0.25, 0.3) is 0 Å². The van der Waals surface area contributed by atoms with Crippen LogP contribution in [0.1, 0.15) is 31.7 Å². The minimum atomic E-state index is -1.84. The van der Waals surface area contributed by atoms with Crippen LogP contribution in [0.4, 0.5) is 17.1 Å². The van der Waals surface area contributed by atoms with Gasteiger partial charge in [0.25, 0.3) is 5.91 Å². The van der Waals surface area contributed by atoms with E-state index >= 15 is 0 Å². The SMILES string of the molecule is C[C@H](/C=C/CC(=O)N1CCC[C@H]1CO)[C@@]1(O)C(=O)N(C)c2ccc(N(C=O)c3ccccc3)cc21. The maximum atomic E-state index is 13.2. The molecule has 1 fully saturated rings. The van der Waals surface area contributed by atoms with Crippen LogP contribution < -0.4 is 9.80 Å². The highest BCUT2D eigenvalue weighted by atomic mass is 16.3. The van der Waals surface area contributed by atoms with Gasteiger partial charge in [-0.05, 0) is 43.2 Å². The third kappa shape index (κ3) is 4.35. The Labute approximate surface area is 205 Å². The summed E-state index contributed by atoms with van der Waals surface area (Å²) in [7, 11) is 1.61. The quantitative estimate of drug-likeness (QED) is 0.450. The average molecular weight is 478 g/mol. The molecule has 3 amide bonds. The summed E-state index contributed by atoms with van der Waals surface area (Å²) >= 11 is 0. The molecule has 35 heavy (non-hydrogen) atoms. The zero-order chi connectivity index (χ0) is 25.2. The van der Waals surface area contributed by atoms with Gasteiger partial charge in [-0.1, -0.05) is 37.3 Å². The van der Waals surface area contributed by atoms with Gasteiger partial charge in [0.2, 0.25) is 12.3 Å². The number of carbonyl (C=O) groups is 3. The van der Waals surface area contributed by atoms with Gasteiger partial charge in [0.1, 0.15) is 0 Å². The lowest BCUT2D eigenvalue weighted by molar-refractivity contribution is -0.139. The molecule has 8 heteroatoms. The highest BCUT2D eigenvalue weighted by molar-refractivity contribution is 6.07. The smallest absolute Gasteiger partial charge is 0.264 e. The van der Waals surface area contributed by atoms with Crippen molar-refractivity contribution in [3.63, 3.8) is 0 Å². The van der Waals surface area contributed by atoms with Gasteiger partial charge in [0.15, 0.2) is 5.60 Å². The summed E-state index contributed by atoms with van der Waals surface area (Å²) in [6, 6.07) is 14.1. The van der Waals surface area contributed by atoms with Crippen LogP contribution in [0.15, 0.2) is 60.7 Å². The molecule has 0 spiro atoms. The van der Waals surface area contributed by atoms with Gasteiger partial charge in [0, 0.05) is 42.9 Å². The van der Waals surface area contributed by atoms with Crippen molar-refractivity contribution in [1.29, 1.82) is 0 Å². The number of likely N-dealkylation sites (N-methyl/N-ethyl adjacent to an activating group) is 1. The Morgan fingerprint density at radius 3 is 2.66 bits per heavy atom. The lowest BCUT2D eigenvalue weighted by Crippen LogP contribution is -2.43. The van der Waals surface area contributed by atoms with Crippen LogP contribution in [0, 0.1) is 5.92 Å². The number of fused-ring (bicyclic) bond motifs is 1. The van der Waals surface area contributed by atoms with Gasteiger partial charge in [-0.25, -0.2) is 0 Å². The fourth-order valence-corrected chi connectivity index (χ4v) is 5.03. The molecule has 2 N–H and O–H groups in total. The zero-order valence-electron chi connectivity index (χ0n) is 20.0. The van der Waals surface area contributed by atoms with Crippen molar-refractivity contribution in [2.45, 2.75) is 37.8 Å². The summed E-state index contributed by atoms with van der Waals surface area (Å²) in [5, 5.41) is 21.1. The van der Waals surface area contributed by atoms with Crippen molar-refractivity contribution in [2.75, 3.05) is 30.0 Å². The number of para-hydroxylation sites is 1. The van der Waals surface area contributed by atoms with E-state index in [1.165, 1.54) is 9.80 Å². The second kappa shape index (κ2) is 10.0.